The van der Waals surface area contributed by atoms with Crippen LogP contribution in [-0.2, 0) is 17.9 Å². The van der Waals surface area contributed by atoms with Crippen molar-refractivity contribution in [2.75, 3.05) is 46.7 Å². The molecule has 0 bridgehead atoms. The Balaban J connectivity index is 1.88. The summed E-state index contributed by atoms with van der Waals surface area (Å²) in [6.07, 6.45) is 0. The van der Waals surface area contributed by atoms with Crippen LogP contribution in [-0.4, -0.2) is 57.6 Å². The fourth-order valence-electron chi connectivity index (χ4n) is 3.02. The van der Waals surface area contributed by atoms with E-state index in [2.05, 4.69) is 35.2 Å². The number of hydrogen-bond donors (Lipinski definition) is 0. The molecule has 0 heterocycles. The lowest BCUT2D eigenvalue weighted by atomic mass is 10.1. The highest BCUT2D eigenvalue weighted by atomic mass is 16.5. The van der Waals surface area contributed by atoms with E-state index in [-0.39, 0.29) is 5.91 Å². The second-order valence-corrected chi connectivity index (χ2v) is 7.29. The number of ether oxygens (including phenoxy) is 1. The van der Waals surface area contributed by atoms with Gasteiger partial charge in [0.2, 0.25) is 5.91 Å². The van der Waals surface area contributed by atoms with Crippen LogP contribution in [0.2, 0.25) is 0 Å². The van der Waals surface area contributed by atoms with Gasteiger partial charge in [0.05, 0.1) is 13.7 Å². The van der Waals surface area contributed by atoms with Crippen LogP contribution in [0.25, 0.3) is 0 Å². The van der Waals surface area contributed by atoms with Gasteiger partial charge in [0.25, 0.3) is 0 Å². The molecule has 0 aliphatic carbocycles. The number of aryl methyl sites for hydroxylation is 1. The predicted octanol–water partition coefficient (Wildman–Crippen LogP) is 3.16. The van der Waals surface area contributed by atoms with E-state index in [9.17, 15) is 4.79 Å². The lowest BCUT2D eigenvalue weighted by Gasteiger charge is -2.22. The van der Waals surface area contributed by atoms with E-state index in [4.69, 9.17) is 4.74 Å². The molecule has 5 nitrogen and oxygen atoms in total. The van der Waals surface area contributed by atoms with E-state index >= 15 is 0 Å². The number of benzene rings is 2. The Morgan fingerprint density at radius 3 is 2.11 bits per heavy atom. The number of methoxy groups -OCH3 is 1. The molecular weight excluding hydrogens is 338 g/mol. The summed E-state index contributed by atoms with van der Waals surface area (Å²) in [5.41, 5.74) is 4.56. The standard InChI is InChI=1S/C22H31N3O2/c1-17-13-19(9-12-21(17)27-6)14-24(4)16-22(26)25(5)15-18-7-10-20(11-8-18)23(2)3/h7-13H,14-16H2,1-6H3. The molecule has 2 rings (SSSR count). The van der Waals surface area contributed by atoms with Crippen molar-refractivity contribution in [2.45, 2.75) is 20.0 Å². The molecule has 2 aromatic rings. The van der Waals surface area contributed by atoms with Crippen molar-refractivity contribution < 1.29 is 9.53 Å². The fraction of sp³-hybridized carbons (Fsp3) is 0.409. The fourth-order valence-corrected chi connectivity index (χ4v) is 3.02. The molecule has 0 saturated heterocycles. The Labute approximate surface area is 163 Å². The number of nitrogens with zero attached hydrogens (tertiary/aromatic N) is 3. The molecule has 0 unspecified atom stereocenters. The summed E-state index contributed by atoms with van der Waals surface area (Å²) in [6.45, 7) is 3.75. The molecule has 27 heavy (non-hydrogen) atoms. The number of likely N-dealkylation sites (N-methyl/N-ethyl adjacent to an activating group) is 2. The second-order valence-electron chi connectivity index (χ2n) is 7.29. The maximum absolute atomic E-state index is 12.5. The average Bonchev–Trinajstić information content (AvgIpc) is 2.62. The van der Waals surface area contributed by atoms with Gasteiger partial charge in [-0.1, -0.05) is 24.3 Å². The first-order valence-electron chi connectivity index (χ1n) is 9.12. The van der Waals surface area contributed by atoms with Gasteiger partial charge in [-0.3, -0.25) is 9.69 Å². The molecule has 0 saturated carbocycles. The molecule has 0 fully saturated rings. The molecule has 146 valence electrons. The minimum Gasteiger partial charge on any atom is -0.496 e. The summed E-state index contributed by atoms with van der Waals surface area (Å²) in [4.78, 5) is 18.4. The van der Waals surface area contributed by atoms with E-state index in [0.29, 0.717) is 13.1 Å². The largest absolute Gasteiger partial charge is 0.496 e. The summed E-state index contributed by atoms with van der Waals surface area (Å²) in [7, 11) is 9.54. The quantitative estimate of drug-likeness (QED) is 0.716. The Morgan fingerprint density at radius 2 is 1.56 bits per heavy atom. The van der Waals surface area contributed by atoms with Crippen molar-refractivity contribution in [1.29, 1.82) is 0 Å². The minimum absolute atomic E-state index is 0.111. The molecule has 5 heteroatoms. The topological polar surface area (TPSA) is 36.0 Å². The van der Waals surface area contributed by atoms with E-state index in [0.717, 1.165) is 29.1 Å². The summed E-state index contributed by atoms with van der Waals surface area (Å²) < 4.78 is 5.30. The van der Waals surface area contributed by atoms with Crippen molar-refractivity contribution >= 4 is 11.6 Å². The highest BCUT2D eigenvalue weighted by Crippen LogP contribution is 2.19. The SMILES string of the molecule is COc1ccc(CN(C)CC(=O)N(C)Cc2ccc(N(C)C)cc2)cc1C. The highest BCUT2D eigenvalue weighted by Gasteiger charge is 2.13. The second kappa shape index (κ2) is 9.42. The predicted molar refractivity (Wildman–Crippen MR) is 111 cm³/mol. The summed E-state index contributed by atoms with van der Waals surface area (Å²) in [5.74, 6) is 0.997. The first-order valence-corrected chi connectivity index (χ1v) is 9.12. The zero-order chi connectivity index (χ0) is 20.0. The van der Waals surface area contributed by atoms with E-state index in [1.54, 1.807) is 12.0 Å². The molecule has 2 aromatic carbocycles. The van der Waals surface area contributed by atoms with Crippen LogP contribution in [0.3, 0.4) is 0 Å². The molecule has 0 spiro atoms. The first kappa shape index (κ1) is 20.8. The van der Waals surface area contributed by atoms with Gasteiger partial charge < -0.3 is 14.5 Å². The van der Waals surface area contributed by atoms with Crippen molar-refractivity contribution in [2.24, 2.45) is 0 Å². The van der Waals surface area contributed by atoms with Gasteiger partial charge in [0.15, 0.2) is 0 Å². The van der Waals surface area contributed by atoms with E-state index < -0.39 is 0 Å². The maximum Gasteiger partial charge on any atom is 0.236 e. The first-order chi connectivity index (χ1) is 12.8. The number of hydrogen-bond acceptors (Lipinski definition) is 4. The average molecular weight is 370 g/mol. The molecule has 1 amide bonds. The zero-order valence-electron chi connectivity index (χ0n) is 17.3. The Morgan fingerprint density at radius 1 is 0.926 bits per heavy atom. The molecule has 0 N–H and O–H groups in total. The van der Waals surface area contributed by atoms with Crippen molar-refractivity contribution in [3.63, 3.8) is 0 Å². The Hall–Kier alpha value is -2.53. The van der Waals surface area contributed by atoms with E-state index in [1.165, 1.54) is 5.56 Å². The highest BCUT2D eigenvalue weighted by molar-refractivity contribution is 5.78. The number of carbonyl (C=O) groups is 1. The zero-order valence-corrected chi connectivity index (χ0v) is 17.3. The molecule has 0 aliphatic heterocycles. The third-order valence-corrected chi connectivity index (χ3v) is 4.62. The van der Waals surface area contributed by atoms with Gasteiger partial charge >= 0.3 is 0 Å². The molecule has 0 radical (unpaired) electrons. The van der Waals surface area contributed by atoms with Gasteiger partial charge in [0.1, 0.15) is 5.75 Å². The number of amides is 1. The van der Waals surface area contributed by atoms with Crippen LogP contribution in [0.1, 0.15) is 16.7 Å². The summed E-state index contributed by atoms with van der Waals surface area (Å²) in [6, 6.07) is 14.4. The van der Waals surface area contributed by atoms with Gasteiger partial charge in [-0.05, 0) is 48.9 Å². The lowest BCUT2D eigenvalue weighted by Crippen LogP contribution is -2.36. The molecule has 0 atom stereocenters. The summed E-state index contributed by atoms with van der Waals surface area (Å²) >= 11 is 0. The number of anilines is 1. The minimum atomic E-state index is 0.111. The molecule has 0 aliphatic rings. The van der Waals surface area contributed by atoms with Gasteiger partial charge in [-0.15, -0.1) is 0 Å². The summed E-state index contributed by atoms with van der Waals surface area (Å²) in [5, 5.41) is 0. The molecular formula is C22H31N3O2. The normalized spacial score (nSPS) is 10.8. The van der Waals surface area contributed by atoms with Gasteiger partial charge in [0, 0.05) is 39.9 Å². The van der Waals surface area contributed by atoms with Crippen LogP contribution in [0.5, 0.6) is 5.75 Å². The lowest BCUT2D eigenvalue weighted by molar-refractivity contribution is -0.131. The van der Waals surface area contributed by atoms with Crippen LogP contribution in [0, 0.1) is 6.92 Å². The Bertz CT molecular complexity index is 757. The van der Waals surface area contributed by atoms with Crippen molar-refractivity contribution in [3.8, 4) is 5.75 Å². The van der Waals surface area contributed by atoms with Crippen molar-refractivity contribution in [1.82, 2.24) is 9.80 Å². The van der Waals surface area contributed by atoms with Gasteiger partial charge in [-0.2, -0.15) is 0 Å². The maximum atomic E-state index is 12.5. The van der Waals surface area contributed by atoms with E-state index in [1.807, 2.05) is 52.1 Å². The monoisotopic (exact) mass is 369 g/mol. The van der Waals surface area contributed by atoms with Crippen molar-refractivity contribution in [3.05, 3.63) is 59.2 Å². The smallest absolute Gasteiger partial charge is 0.236 e. The molecule has 0 aromatic heterocycles. The Kier molecular flexibility index (Phi) is 7.25. The number of rotatable bonds is 8. The number of carbonyl (C=O) groups excluding carboxylic acids is 1. The van der Waals surface area contributed by atoms with Crippen LogP contribution in [0.4, 0.5) is 5.69 Å². The van der Waals surface area contributed by atoms with Crippen LogP contribution >= 0.6 is 0 Å². The van der Waals surface area contributed by atoms with Gasteiger partial charge in [-0.25, -0.2) is 0 Å². The van der Waals surface area contributed by atoms with Crippen LogP contribution < -0.4 is 9.64 Å². The van der Waals surface area contributed by atoms with Crippen LogP contribution in [0.15, 0.2) is 42.5 Å². The third-order valence-electron chi connectivity index (χ3n) is 4.62. The third kappa shape index (κ3) is 6.00.